The summed E-state index contributed by atoms with van der Waals surface area (Å²) in [7, 11) is 0. The number of benzene rings is 2. The highest BCUT2D eigenvalue weighted by molar-refractivity contribution is 8.19. The highest BCUT2D eigenvalue weighted by Gasteiger charge is 2.36. The number of aryl methyl sites for hydroxylation is 1. The van der Waals surface area contributed by atoms with Crippen LogP contribution in [-0.4, -0.2) is 28.8 Å². The van der Waals surface area contributed by atoms with Crippen LogP contribution < -0.4 is 9.64 Å². The molecule has 1 saturated heterocycles. The van der Waals surface area contributed by atoms with Crippen LogP contribution in [0.25, 0.3) is 6.08 Å². The van der Waals surface area contributed by atoms with Crippen molar-refractivity contribution in [3.8, 4) is 5.75 Å². The predicted octanol–water partition coefficient (Wildman–Crippen LogP) is 5.12. The number of aliphatic carboxylic acids is 1. The van der Waals surface area contributed by atoms with Crippen LogP contribution >= 0.6 is 11.8 Å². The molecule has 7 heteroatoms. The van der Waals surface area contributed by atoms with Gasteiger partial charge >= 0.3 is 5.97 Å². The first-order valence-corrected chi connectivity index (χ1v) is 10.6. The first-order valence-electron chi connectivity index (χ1n) is 9.80. The zero-order valence-corrected chi connectivity index (χ0v) is 17.5. The van der Waals surface area contributed by atoms with Gasteiger partial charge in [-0.1, -0.05) is 43.7 Å². The standard InChI is InChI=1S/C23H23NO5S/c1-2-3-6-16-9-11-18(12-10-16)24-22(27)20(30-23(24)28)15-17-7-4-5-8-19(17)29-14-13-21(25)26/h4-5,7-12,15H,2-3,6,13-14H2,1H3,(H,25,26)/b20-15+. The number of thioether (sulfide) groups is 1. The molecule has 2 amide bonds. The van der Waals surface area contributed by atoms with Gasteiger partial charge in [0.05, 0.1) is 23.6 Å². The number of carboxylic acid groups (broad SMARTS) is 1. The molecule has 0 atom stereocenters. The number of unbranched alkanes of at least 4 members (excludes halogenated alkanes) is 1. The number of carbonyl (C=O) groups excluding carboxylic acids is 2. The second kappa shape index (κ2) is 10.1. The fourth-order valence-electron chi connectivity index (χ4n) is 3.00. The van der Waals surface area contributed by atoms with Gasteiger partial charge in [-0.05, 0) is 54.4 Å². The summed E-state index contributed by atoms with van der Waals surface area (Å²) in [6, 6.07) is 14.5. The molecule has 2 aromatic carbocycles. The van der Waals surface area contributed by atoms with Crippen molar-refractivity contribution >= 4 is 40.6 Å². The molecule has 1 N–H and O–H groups in total. The highest BCUT2D eigenvalue weighted by Crippen LogP contribution is 2.37. The van der Waals surface area contributed by atoms with Crippen molar-refractivity contribution in [1.29, 1.82) is 0 Å². The Morgan fingerprint density at radius 3 is 2.57 bits per heavy atom. The number of hydrogen-bond acceptors (Lipinski definition) is 5. The summed E-state index contributed by atoms with van der Waals surface area (Å²) < 4.78 is 5.53. The van der Waals surface area contributed by atoms with Gasteiger partial charge in [0.25, 0.3) is 11.1 Å². The van der Waals surface area contributed by atoms with Crippen LogP contribution in [0.5, 0.6) is 5.75 Å². The number of imide groups is 1. The minimum Gasteiger partial charge on any atom is -0.492 e. The van der Waals surface area contributed by atoms with Crippen molar-refractivity contribution < 1.29 is 24.2 Å². The normalized spacial score (nSPS) is 15.1. The van der Waals surface area contributed by atoms with E-state index >= 15 is 0 Å². The summed E-state index contributed by atoms with van der Waals surface area (Å²) >= 11 is 0.876. The summed E-state index contributed by atoms with van der Waals surface area (Å²) in [6.45, 7) is 2.16. The number of hydrogen-bond donors (Lipinski definition) is 1. The number of ether oxygens (including phenoxy) is 1. The van der Waals surface area contributed by atoms with E-state index in [-0.39, 0.29) is 24.2 Å². The number of nitrogens with zero attached hydrogens (tertiary/aromatic N) is 1. The molecule has 0 saturated carbocycles. The highest BCUT2D eigenvalue weighted by atomic mass is 32.2. The Kier molecular flexibility index (Phi) is 7.30. The van der Waals surface area contributed by atoms with Crippen LogP contribution in [0.4, 0.5) is 10.5 Å². The number of carbonyl (C=O) groups is 3. The number of rotatable bonds is 9. The summed E-state index contributed by atoms with van der Waals surface area (Å²) in [5.74, 6) is -0.869. The van der Waals surface area contributed by atoms with E-state index in [0.29, 0.717) is 21.9 Å². The monoisotopic (exact) mass is 425 g/mol. The molecule has 0 aliphatic carbocycles. The summed E-state index contributed by atoms with van der Waals surface area (Å²) in [4.78, 5) is 37.6. The Bertz CT molecular complexity index is 968. The molecular formula is C23H23NO5S. The zero-order chi connectivity index (χ0) is 21.5. The largest absolute Gasteiger partial charge is 0.492 e. The van der Waals surface area contributed by atoms with Gasteiger partial charge in [-0.15, -0.1) is 0 Å². The molecule has 0 spiro atoms. The lowest BCUT2D eigenvalue weighted by Gasteiger charge is -2.13. The summed E-state index contributed by atoms with van der Waals surface area (Å²) in [5, 5.41) is 8.42. The molecule has 2 aromatic rings. The molecule has 0 aromatic heterocycles. The van der Waals surface area contributed by atoms with Crippen molar-refractivity contribution in [2.45, 2.75) is 32.6 Å². The first-order chi connectivity index (χ1) is 14.5. The van der Waals surface area contributed by atoms with Crippen molar-refractivity contribution in [3.63, 3.8) is 0 Å². The molecule has 0 radical (unpaired) electrons. The van der Waals surface area contributed by atoms with Crippen LogP contribution in [0.2, 0.25) is 0 Å². The van der Waals surface area contributed by atoms with E-state index in [1.165, 1.54) is 10.5 Å². The maximum Gasteiger partial charge on any atom is 0.306 e. The van der Waals surface area contributed by atoms with Gasteiger partial charge in [0, 0.05) is 5.56 Å². The van der Waals surface area contributed by atoms with E-state index in [1.807, 2.05) is 12.1 Å². The van der Waals surface area contributed by atoms with Gasteiger partial charge in [0.15, 0.2) is 0 Å². The van der Waals surface area contributed by atoms with Gasteiger partial charge in [0.1, 0.15) is 5.75 Å². The molecule has 0 unspecified atom stereocenters. The van der Waals surface area contributed by atoms with Crippen molar-refractivity contribution in [2.24, 2.45) is 0 Å². The Hall–Kier alpha value is -3.06. The topological polar surface area (TPSA) is 83.9 Å². The second-order valence-corrected chi connectivity index (χ2v) is 7.81. The van der Waals surface area contributed by atoms with E-state index in [4.69, 9.17) is 9.84 Å². The Morgan fingerprint density at radius 1 is 1.13 bits per heavy atom. The van der Waals surface area contributed by atoms with Crippen LogP contribution in [0.15, 0.2) is 53.4 Å². The molecule has 1 aliphatic heterocycles. The van der Waals surface area contributed by atoms with Gasteiger partial charge in [-0.2, -0.15) is 0 Å². The van der Waals surface area contributed by atoms with E-state index in [1.54, 1.807) is 42.5 Å². The predicted molar refractivity (Wildman–Crippen MR) is 118 cm³/mol. The maximum atomic E-state index is 12.9. The van der Waals surface area contributed by atoms with Gasteiger partial charge in [-0.25, -0.2) is 4.90 Å². The molecule has 1 aliphatic rings. The lowest BCUT2D eigenvalue weighted by atomic mass is 10.1. The smallest absolute Gasteiger partial charge is 0.306 e. The minimum absolute atomic E-state index is 0.0199. The lowest BCUT2D eigenvalue weighted by Crippen LogP contribution is -2.27. The quantitative estimate of drug-likeness (QED) is 0.561. The van der Waals surface area contributed by atoms with Crippen molar-refractivity contribution in [2.75, 3.05) is 11.5 Å². The average Bonchev–Trinajstić information content (AvgIpc) is 3.01. The fourth-order valence-corrected chi connectivity index (χ4v) is 3.84. The third-order valence-corrected chi connectivity index (χ3v) is 5.46. The molecule has 3 rings (SSSR count). The first kappa shape index (κ1) is 21.6. The summed E-state index contributed by atoms with van der Waals surface area (Å²) in [6.07, 6.45) is 4.65. The zero-order valence-electron chi connectivity index (χ0n) is 16.7. The van der Waals surface area contributed by atoms with Crippen LogP contribution in [0.1, 0.15) is 37.3 Å². The van der Waals surface area contributed by atoms with E-state index < -0.39 is 5.97 Å². The van der Waals surface area contributed by atoms with E-state index in [0.717, 1.165) is 31.0 Å². The van der Waals surface area contributed by atoms with E-state index in [2.05, 4.69) is 6.92 Å². The second-order valence-electron chi connectivity index (χ2n) is 6.82. The molecular weight excluding hydrogens is 402 g/mol. The molecule has 1 fully saturated rings. The number of anilines is 1. The Labute approximate surface area is 179 Å². The number of carboxylic acids is 1. The van der Waals surface area contributed by atoms with Crippen LogP contribution in [-0.2, 0) is 16.0 Å². The lowest BCUT2D eigenvalue weighted by molar-refractivity contribution is -0.137. The van der Waals surface area contributed by atoms with Crippen molar-refractivity contribution in [1.82, 2.24) is 0 Å². The van der Waals surface area contributed by atoms with Crippen LogP contribution in [0.3, 0.4) is 0 Å². The third-order valence-electron chi connectivity index (χ3n) is 4.59. The Morgan fingerprint density at radius 2 is 1.87 bits per heavy atom. The number of para-hydroxylation sites is 1. The van der Waals surface area contributed by atoms with Crippen LogP contribution in [0, 0.1) is 0 Å². The molecule has 6 nitrogen and oxygen atoms in total. The minimum atomic E-state index is -0.950. The average molecular weight is 426 g/mol. The molecule has 1 heterocycles. The van der Waals surface area contributed by atoms with Crippen molar-refractivity contribution in [3.05, 3.63) is 64.6 Å². The Balaban J connectivity index is 1.78. The van der Waals surface area contributed by atoms with Gasteiger partial charge in [0.2, 0.25) is 0 Å². The molecule has 30 heavy (non-hydrogen) atoms. The fraction of sp³-hybridized carbons (Fsp3) is 0.261. The maximum absolute atomic E-state index is 12.9. The SMILES string of the molecule is CCCCc1ccc(N2C(=O)S/C(=C/c3ccccc3OCCC(=O)O)C2=O)cc1. The van der Waals surface area contributed by atoms with Gasteiger partial charge < -0.3 is 9.84 Å². The molecule has 156 valence electrons. The third kappa shape index (κ3) is 5.30. The number of amides is 2. The summed E-state index contributed by atoms with van der Waals surface area (Å²) in [5.41, 5.74) is 2.34. The molecule has 0 bridgehead atoms. The van der Waals surface area contributed by atoms with E-state index in [9.17, 15) is 14.4 Å². The van der Waals surface area contributed by atoms with Gasteiger partial charge in [-0.3, -0.25) is 14.4 Å².